The molecule has 4 heteroatoms. The summed E-state index contributed by atoms with van der Waals surface area (Å²) in [6, 6.07) is 2.23. The second-order valence-electron chi connectivity index (χ2n) is 3.77. The van der Waals surface area contributed by atoms with Crippen molar-refractivity contribution in [1.82, 2.24) is 5.32 Å². The first-order valence-corrected chi connectivity index (χ1v) is 5.81. The van der Waals surface area contributed by atoms with Crippen LogP contribution >= 0.6 is 11.6 Å². The summed E-state index contributed by atoms with van der Waals surface area (Å²) < 4.78 is 25.7. The summed E-state index contributed by atoms with van der Waals surface area (Å²) in [5, 5.41) is 3.37. The summed E-state index contributed by atoms with van der Waals surface area (Å²) in [7, 11) is 1.91. The van der Waals surface area contributed by atoms with Gasteiger partial charge in [0.25, 0.3) is 0 Å². The molecular formula is C12H16ClF2N. The molecule has 0 atom stereocenters. The molecule has 0 aliphatic carbocycles. The lowest BCUT2D eigenvalue weighted by Crippen LogP contribution is -2.07. The van der Waals surface area contributed by atoms with E-state index >= 15 is 0 Å². The Kier molecular flexibility index (Phi) is 5.71. The Morgan fingerprint density at radius 3 is 2.50 bits per heavy atom. The molecule has 0 saturated heterocycles. The first-order valence-electron chi connectivity index (χ1n) is 5.43. The number of hydrogen-bond donors (Lipinski definition) is 1. The number of aryl methyl sites for hydroxylation is 1. The number of nitrogens with one attached hydrogen (secondary N) is 1. The van der Waals surface area contributed by atoms with E-state index in [1.54, 1.807) is 0 Å². The molecular weight excluding hydrogens is 232 g/mol. The molecule has 0 aliphatic rings. The molecule has 0 amide bonds. The van der Waals surface area contributed by atoms with Crippen molar-refractivity contribution in [2.24, 2.45) is 0 Å². The Morgan fingerprint density at radius 1 is 1.12 bits per heavy atom. The van der Waals surface area contributed by atoms with Crippen molar-refractivity contribution in [3.05, 3.63) is 34.4 Å². The zero-order valence-corrected chi connectivity index (χ0v) is 10.1. The smallest absolute Gasteiger partial charge is 0.160 e. The Bertz CT molecular complexity index is 342. The summed E-state index contributed by atoms with van der Waals surface area (Å²) in [4.78, 5) is 0. The lowest BCUT2D eigenvalue weighted by Gasteiger charge is -2.05. The lowest BCUT2D eigenvalue weighted by atomic mass is 10.1. The summed E-state index contributed by atoms with van der Waals surface area (Å²) >= 11 is 5.82. The normalized spacial score (nSPS) is 10.8. The average Bonchev–Trinajstić information content (AvgIpc) is 2.25. The molecule has 0 radical (unpaired) electrons. The first-order chi connectivity index (χ1) is 7.65. The van der Waals surface area contributed by atoms with E-state index in [0.717, 1.165) is 31.9 Å². The van der Waals surface area contributed by atoms with Gasteiger partial charge in [-0.05, 0) is 50.6 Å². The molecule has 90 valence electrons. The SMILES string of the molecule is CNCCCCCc1cc(F)c(F)cc1Cl. The van der Waals surface area contributed by atoms with Crippen molar-refractivity contribution in [3.8, 4) is 0 Å². The second kappa shape index (κ2) is 6.81. The third-order valence-corrected chi connectivity index (χ3v) is 2.81. The van der Waals surface area contributed by atoms with Crippen LogP contribution in [0, 0.1) is 11.6 Å². The van der Waals surface area contributed by atoms with Crippen molar-refractivity contribution in [2.75, 3.05) is 13.6 Å². The highest BCUT2D eigenvalue weighted by atomic mass is 35.5. The highest BCUT2D eigenvalue weighted by molar-refractivity contribution is 6.31. The maximum absolute atomic E-state index is 12.9. The standard InChI is InChI=1S/C12H16ClF2N/c1-16-6-4-2-3-5-9-7-11(14)12(15)8-10(9)13/h7-8,16H,2-6H2,1H3. The van der Waals surface area contributed by atoms with E-state index in [2.05, 4.69) is 5.32 Å². The van der Waals surface area contributed by atoms with E-state index in [1.807, 2.05) is 7.05 Å². The summed E-state index contributed by atoms with van der Waals surface area (Å²) in [6.45, 7) is 0.978. The molecule has 0 bridgehead atoms. The summed E-state index contributed by atoms with van der Waals surface area (Å²) in [6.07, 6.45) is 3.76. The molecule has 0 aliphatic heterocycles. The van der Waals surface area contributed by atoms with Crippen LogP contribution in [-0.4, -0.2) is 13.6 Å². The van der Waals surface area contributed by atoms with Gasteiger partial charge in [0.1, 0.15) is 0 Å². The minimum absolute atomic E-state index is 0.313. The molecule has 1 aromatic carbocycles. The fraction of sp³-hybridized carbons (Fsp3) is 0.500. The molecule has 0 fully saturated rings. The van der Waals surface area contributed by atoms with Gasteiger partial charge in [0, 0.05) is 5.02 Å². The van der Waals surface area contributed by atoms with Crippen LogP contribution in [0.25, 0.3) is 0 Å². The van der Waals surface area contributed by atoms with Crippen LogP contribution in [0.15, 0.2) is 12.1 Å². The summed E-state index contributed by atoms with van der Waals surface area (Å²) in [5.41, 5.74) is 0.685. The van der Waals surface area contributed by atoms with E-state index in [-0.39, 0.29) is 0 Å². The van der Waals surface area contributed by atoms with Gasteiger partial charge in [-0.2, -0.15) is 0 Å². The number of benzene rings is 1. The number of hydrogen-bond acceptors (Lipinski definition) is 1. The van der Waals surface area contributed by atoms with Crippen molar-refractivity contribution in [1.29, 1.82) is 0 Å². The Morgan fingerprint density at radius 2 is 1.81 bits per heavy atom. The first kappa shape index (κ1) is 13.4. The maximum Gasteiger partial charge on any atom is 0.160 e. The molecule has 0 aromatic heterocycles. The van der Waals surface area contributed by atoms with Crippen LogP contribution in [-0.2, 0) is 6.42 Å². The number of rotatable bonds is 6. The van der Waals surface area contributed by atoms with Gasteiger partial charge >= 0.3 is 0 Å². The van der Waals surface area contributed by atoms with Gasteiger partial charge in [-0.15, -0.1) is 0 Å². The van der Waals surface area contributed by atoms with Gasteiger partial charge in [-0.3, -0.25) is 0 Å². The molecule has 1 N–H and O–H groups in total. The third-order valence-electron chi connectivity index (χ3n) is 2.46. The molecule has 1 rings (SSSR count). The maximum atomic E-state index is 12.9. The van der Waals surface area contributed by atoms with Gasteiger partial charge in [0.05, 0.1) is 0 Å². The molecule has 0 heterocycles. The van der Waals surface area contributed by atoms with E-state index in [9.17, 15) is 8.78 Å². The summed E-state index contributed by atoms with van der Waals surface area (Å²) in [5.74, 6) is -1.71. The predicted octanol–water partition coefficient (Wildman–Crippen LogP) is 3.55. The van der Waals surface area contributed by atoms with Crippen LogP contribution in [0.5, 0.6) is 0 Å². The van der Waals surface area contributed by atoms with Gasteiger partial charge in [-0.25, -0.2) is 8.78 Å². The van der Waals surface area contributed by atoms with Gasteiger partial charge in [-0.1, -0.05) is 18.0 Å². The zero-order chi connectivity index (χ0) is 12.0. The topological polar surface area (TPSA) is 12.0 Å². The Labute approximate surface area is 99.8 Å². The molecule has 1 aromatic rings. The third kappa shape index (κ3) is 4.06. The van der Waals surface area contributed by atoms with E-state index in [1.165, 1.54) is 6.07 Å². The number of halogens is 3. The Balaban J connectivity index is 2.45. The fourth-order valence-electron chi connectivity index (χ4n) is 1.55. The minimum atomic E-state index is -0.885. The Hall–Kier alpha value is -0.670. The second-order valence-corrected chi connectivity index (χ2v) is 4.18. The zero-order valence-electron chi connectivity index (χ0n) is 9.32. The van der Waals surface area contributed by atoms with Crippen molar-refractivity contribution < 1.29 is 8.78 Å². The van der Waals surface area contributed by atoms with Crippen molar-refractivity contribution in [2.45, 2.75) is 25.7 Å². The highest BCUT2D eigenvalue weighted by Crippen LogP contribution is 2.21. The molecule has 0 unspecified atom stereocenters. The van der Waals surface area contributed by atoms with Gasteiger partial charge in [0.2, 0.25) is 0 Å². The van der Waals surface area contributed by atoms with Crippen molar-refractivity contribution >= 4 is 11.6 Å². The minimum Gasteiger partial charge on any atom is -0.320 e. The average molecular weight is 248 g/mol. The van der Waals surface area contributed by atoms with Crippen LogP contribution in [0.3, 0.4) is 0 Å². The monoisotopic (exact) mass is 247 g/mol. The van der Waals surface area contributed by atoms with E-state index in [4.69, 9.17) is 11.6 Å². The molecule has 0 saturated carbocycles. The highest BCUT2D eigenvalue weighted by Gasteiger charge is 2.07. The van der Waals surface area contributed by atoms with E-state index < -0.39 is 11.6 Å². The molecule has 0 spiro atoms. The molecule has 16 heavy (non-hydrogen) atoms. The van der Waals surface area contributed by atoms with Gasteiger partial charge < -0.3 is 5.32 Å². The predicted molar refractivity (Wildman–Crippen MR) is 62.8 cm³/mol. The lowest BCUT2D eigenvalue weighted by molar-refractivity contribution is 0.506. The van der Waals surface area contributed by atoms with Crippen LogP contribution < -0.4 is 5.32 Å². The quantitative estimate of drug-likeness (QED) is 0.599. The fourth-order valence-corrected chi connectivity index (χ4v) is 1.79. The molecule has 1 nitrogen and oxygen atoms in total. The van der Waals surface area contributed by atoms with Crippen LogP contribution in [0.1, 0.15) is 24.8 Å². The number of unbranched alkanes of at least 4 members (excludes halogenated alkanes) is 2. The van der Waals surface area contributed by atoms with E-state index in [0.29, 0.717) is 17.0 Å². The van der Waals surface area contributed by atoms with Crippen LogP contribution in [0.4, 0.5) is 8.78 Å². The van der Waals surface area contributed by atoms with Crippen LogP contribution in [0.2, 0.25) is 5.02 Å². The van der Waals surface area contributed by atoms with Crippen molar-refractivity contribution in [3.63, 3.8) is 0 Å². The van der Waals surface area contributed by atoms with Gasteiger partial charge in [0.15, 0.2) is 11.6 Å². The largest absolute Gasteiger partial charge is 0.320 e.